The minimum Gasteiger partial charge on any atom is -0.478 e. The van der Waals surface area contributed by atoms with Crippen LogP contribution in [0.4, 0.5) is 5.69 Å². The fraction of sp³-hybridized carbons (Fsp3) is 0.111. The van der Waals surface area contributed by atoms with Gasteiger partial charge < -0.3 is 10.4 Å². The van der Waals surface area contributed by atoms with Crippen LogP contribution in [0.3, 0.4) is 0 Å². The van der Waals surface area contributed by atoms with Crippen LogP contribution >= 0.6 is 23.4 Å². The molecule has 0 spiro atoms. The van der Waals surface area contributed by atoms with Crippen LogP contribution in [0.25, 0.3) is 5.69 Å². The molecule has 0 bridgehead atoms. The summed E-state index contributed by atoms with van der Waals surface area (Å²) >= 11 is 6.98. The Labute approximate surface area is 168 Å². The molecular weight excluding hydrogens is 406 g/mol. The van der Waals surface area contributed by atoms with E-state index < -0.39 is 17.5 Å². The monoisotopic (exact) mass is 420 g/mol. The predicted molar refractivity (Wildman–Crippen MR) is 103 cm³/mol. The first-order valence-electron chi connectivity index (χ1n) is 8.01. The normalized spacial score (nSPS) is 10.6. The van der Waals surface area contributed by atoms with Crippen molar-refractivity contribution in [3.8, 4) is 5.69 Å². The number of anilines is 1. The summed E-state index contributed by atoms with van der Waals surface area (Å²) < 4.78 is 6.28. The maximum atomic E-state index is 12.3. The van der Waals surface area contributed by atoms with Gasteiger partial charge in [-0.25, -0.2) is 9.59 Å². The van der Waals surface area contributed by atoms with Crippen LogP contribution in [0, 0.1) is 6.92 Å². The first kappa shape index (κ1) is 19.7. The molecule has 1 aromatic heterocycles. The van der Waals surface area contributed by atoms with Gasteiger partial charge in [0.25, 0.3) is 0 Å². The van der Waals surface area contributed by atoms with Crippen molar-refractivity contribution in [1.29, 1.82) is 0 Å². The van der Waals surface area contributed by atoms with Crippen LogP contribution in [-0.4, -0.2) is 28.0 Å². The number of carboxylic acid groups (broad SMARTS) is 1. The topological polar surface area (TPSA) is 116 Å². The van der Waals surface area contributed by atoms with Gasteiger partial charge in [-0.2, -0.15) is 0 Å². The number of aromatic amines is 1. The third-order valence-corrected chi connectivity index (χ3v) is 5.09. The molecule has 2 aromatic carbocycles. The number of aryl methyl sites for hydroxylation is 1. The lowest BCUT2D eigenvalue weighted by molar-refractivity contribution is -0.704. The molecule has 0 aliphatic rings. The van der Waals surface area contributed by atoms with Gasteiger partial charge in [0, 0.05) is 12.1 Å². The minimum atomic E-state index is -1.13. The fourth-order valence-electron chi connectivity index (χ4n) is 2.33. The van der Waals surface area contributed by atoms with Crippen LogP contribution in [0.15, 0.2) is 56.8 Å². The summed E-state index contributed by atoms with van der Waals surface area (Å²) in [5, 5.41) is 14.5. The lowest BCUT2D eigenvalue weighted by Crippen LogP contribution is -2.36. The van der Waals surface area contributed by atoms with Gasteiger partial charge in [0.05, 0.1) is 22.0 Å². The molecule has 0 aliphatic carbocycles. The van der Waals surface area contributed by atoms with E-state index in [9.17, 15) is 14.4 Å². The zero-order chi connectivity index (χ0) is 20.3. The second-order valence-corrected chi connectivity index (χ2v) is 7.16. The van der Waals surface area contributed by atoms with E-state index >= 15 is 0 Å². The van der Waals surface area contributed by atoms with Gasteiger partial charge in [-0.15, -0.1) is 0 Å². The van der Waals surface area contributed by atoms with E-state index in [0.29, 0.717) is 5.69 Å². The molecule has 3 aromatic rings. The molecule has 0 aliphatic heterocycles. The van der Waals surface area contributed by atoms with E-state index in [1.807, 2.05) is 31.2 Å². The Balaban J connectivity index is 1.73. The number of carbonyl (C=O) groups excluding carboxylic acids is 1. The third-order valence-electron chi connectivity index (χ3n) is 3.73. The molecule has 8 nitrogen and oxygen atoms in total. The number of nitrogens with one attached hydrogen (secondary N) is 2. The molecule has 0 unspecified atom stereocenters. The number of benzene rings is 2. The maximum Gasteiger partial charge on any atom is 0.442 e. The van der Waals surface area contributed by atoms with Crippen LogP contribution in [0.1, 0.15) is 15.9 Å². The van der Waals surface area contributed by atoms with Crippen LogP contribution in [0.2, 0.25) is 5.02 Å². The average Bonchev–Trinajstić information content (AvgIpc) is 3.03. The summed E-state index contributed by atoms with van der Waals surface area (Å²) in [7, 11) is 0. The molecule has 0 atom stereocenters. The van der Waals surface area contributed by atoms with Gasteiger partial charge in [-0.3, -0.25) is 9.32 Å². The molecule has 0 saturated heterocycles. The first-order valence-corrected chi connectivity index (χ1v) is 9.37. The summed E-state index contributed by atoms with van der Waals surface area (Å²) in [5.41, 5.74) is 1.31. The summed E-state index contributed by atoms with van der Waals surface area (Å²) in [6.45, 7) is 1.94. The smallest absolute Gasteiger partial charge is 0.442 e. The van der Waals surface area contributed by atoms with Crippen molar-refractivity contribution in [3.05, 3.63) is 69.0 Å². The van der Waals surface area contributed by atoms with Gasteiger partial charge in [0.2, 0.25) is 11.6 Å². The second-order valence-electron chi connectivity index (χ2n) is 5.79. The van der Waals surface area contributed by atoms with Crippen LogP contribution in [-0.2, 0) is 4.79 Å². The van der Waals surface area contributed by atoms with Crippen molar-refractivity contribution in [2.75, 3.05) is 11.1 Å². The van der Waals surface area contributed by atoms with Gasteiger partial charge >= 0.3 is 16.6 Å². The summed E-state index contributed by atoms with van der Waals surface area (Å²) in [4.78, 5) is 35.3. The number of carboxylic acids is 1. The van der Waals surface area contributed by atoms with Gasteiger partial charge in [-0.05, 0) is 46.8 Å². The van der Waals surface area contributed by atoms with Crippen LogP contribution in [0.5, 0.6) is 0 Å². The SMILES string of the molecule is Cc1ccc(-[n+]2[nH]oc(=O)c2SCC(=O)Nc2cc(C(=O)O)ccc2Cl)cc1. The standard InChI is InChI=1S/C18H14ClN3O5S/c1-10-2-5-12(6-3-10)22-16(18(26)27-21-22)28-9-15(23)20-14-8-11(17(24)25)4-7-13(14)19/h2-8H,9H2,1H3,(H2-,20,21,23,24,25,26)/p+1. The first-order chi connectivity index (χ1) is 13.3. The number of thioether (sulfide) groups is 1. The number of H-pyrrole nitrogens is 1. The second kappa shape index (κ2) is 8.32. The van der Waals surface area contributed by atoms with Gasteiger partial charge in [0.1, 0.15) is 0 Å². The zero-order valence-corrected chi connectivity index (χ0v) is 16.1. The number of hydrogen-bond donors (Lipinski definition) is 3. The largest absolute Gasteiger partial charge is 0.478 e. The zero-order valence-electron chi connectivity index (χ0n) is 14.6. The number of rotatable bonds is 6. The van der Waals surface area contributed by atoms with E-state index in [1.165, 1.54) is 22.9 Å². The Morgan fingerprint density at radius 1 is 1.25 bits per heavy atom. The number of halogens is 1. The number of nitrogens with zero attached hydrogens (tertiary/aromatic N) is 1. The lowest BCUT2D eigenvalue weighted by Gasteiger charge is -2.07. The highest BCUT2D eigenvalue weighted by molar-refractivity contribution is 7.99. The highest BCUT2D eigenvalue weighted by Gasteiger charge is 2.25. The number of amides is 1. The molecule has 3 N–H and O–H groups in total. The highest BCUT2D eigenvalue weighted by atomic mass is 35.5. The van der Waals surface area contributed by atoms with E-state index in [1.54, 1.807) is 0 Å². The van der Waals surface area contributed by atoms with E-state index in [0.717, 1.165) is 17.3 Å². The van der Waals surface area contributed by atoms with Crippen molar-refractivity contribution < 1.29 is 23.9 Å². The quantitative estimate of drug-likeness (QED) is 0.417. The summed E-state index contributed by atoms with van der Waals surface area (Å²) in [6.07, 6.45) is 0. The Morgan fingerprint density at radius 2 is 1.96 bits per heavy atom. The number of aromatic nitrogens is 2. The molecule has 10 heteroatoms. The molecule has 144 valence electrons. The van der Waals surface area contributed by atoms with Crippen molar-refractivity contribution in [2.24, 2.45) is 0 Å². The number of aromatic carboxylic acids is 1. The Hall–Kier alpha value is -3.04. The Bertz CT molecular complexity index is 1090. The molecule has 0 radical (unpaired) electrons. The molecule has 0 fully saturated rings. The predicted octanol–water partition coefficient (Wildman–Crippen LogP) is 2.64. The van der Waals surface area contributed by atoms with Crippen molar-refractivity contribution in [2.45, 2.75) is 11.9 Å². The molecule has 28 heavy (non-hydrogen) atoms. The van der Waals surface area contributed by atoms with Gasteiger partial charge in [-0.1, -0.05) is 29.3 Å². The van der Waals surface area contributed by atoms with Crippen molar-refractivity contribution >= 4 is 40.9 Å². The number of hydrogen-bond acceptors (Lipinski definition) is 5. The van der Waals surface area contributed by atoms with E-state index in [-0.39, 0.29) is 27.1 Å². The van der Waals surface area contributed by atoms with E-state index in [4.69, 9.17) is 21.2 Å². The molecule has 1 heterocycles. The summed E-state index contributed by atoms with van der Waals surface area (Å²) in [5.74, 6) is -1.70. The Morgan fingerprint density at radius 3 is 2.64 bits per heavy atom. The summed E-state index contributed by atoms with van der Waals surface area (Å²) in [6, 6.07) is 11.4. The lowest BCUT2D eigenvalue weighted by atomic mass is 10.2. The van der Waals surface area contributed by atoms with Crippen LogP contribution < -0.4 is 15.6 Å². The number of carbonyl (C=O) groups is 2. The van der Waals surface area contributed by atoms with Crippen molar-refractivity contribution in [3.63, 3.8) is 0 Å². The molecule has 3 rings (SSSR count). The highest BCUT2D eigenvalue weighted by Crippen LogP contribution is 2.23. The van der Waals surface area contributed by atoms with Crippen molar-refractivity contribution in [1.82, 2.24) is 5.27 Å². The molecular formula is C18H15ClN3O5S+. The fourth-order valence-corrected chi connectivity index (χ4v) is 3.26. The van der Waals surface area contributed by atoms with Gasteiger partial charge in [0.15, 0.2) is 0 Å². The van der Waals surface area contributed by atoms with E-state index in [2.05, 4.69) is 10.6 Å². The minimum absolute atomic E-state index is 0.00385. The third kappa shape index (κ3) is 4.44. The molecule has 1 amide bonds. The molecule has 0 saturated carbocycles. The Kier molecular flexibility index (Phi) is 5.86. The average molecular weight is 421 g/mol. The maximum absolute atomic E-state index is 12.3.